The van der Waals surface area contributed by atoms with Crippen molar-refractivity contribution >= 4 is 17.0 Å². The SMILES string of the molecule is CCOC(=O)n1ccc(=O)c2ccccc21. The van der Waals surface area contributed by atoms with Crippen molar-refractivity contribution in [3.8, 4) is 0 Å². The van der Waals surface area contributed by atoms with E-state index in [1.807, 2.05) is 0 Å². The fourth-order valence-electron chi connectivity index (χ4n) is 1.56. The lowest BCUT2D eigenvalue weighted by atomic mass is 10.2. The van der Waals surface area contributed by atoms with Crippen molar-refractivity contribution in [2.24, 2.45) is 0 Å². The summed E-state index contributed by atoms with van der Waals surface area (Å²) >= 11 is 0. The molecule has 0 aliphatic rings. The molecule has 4 nitrogen and oxygen atoms in total. The molecular formula is C12H11NO3. The van der Waals surface area contributed by atoms with Gasteiger partial charge in [-0.1, -0.05) is 12.1 Å². The zero-order valence-corrected chi connectivity index (χ0v) is 8.84. The van der Waals surface area contributed by atoms with Crippen LogP contribution in [-0.2, 0) is 4.74 Å². The van der Waals surface area contributed by atoms with Crippen LogP contribution >= 0.6 is 0 Å². The molecule has 1 aromatic heterocycles. The molecular weight excluding hydrogens is 206 g/mol. The topological polar surface area (TPSA) is 48.3 Å². The van der Waals surface area contributed by atoms with Crippen LogP contribution < -0.4 is 5.43 Å². The Morgan fingerprint density at radius 1 is 1.31 bits per heavy atom. The minimum atomic E-state index is -0.473. The summed E-state index contributed by atoms with van der Waals surface area (Å²) < 4.78 is 6.23. The van der Waals surface area contributed by atoms with Crippen LogP contribution in [0.25, 0.3) is 10.9 Å². The van der Waals surface area contributed by atoms with Crippen molar-refractivity contribution in [3.63, 3.8) is 0 Å². The van der Waals surface area contributed by atoms with Gasteiger partial charge < -0.3 is 4.74 Å². The van der Waals surface area contributed by atoms with Gasteiger partial charge >= 0.3 is 6.09 Å². The molecule has 0 unspecified atom stereocenters. The lowest BCUT2D eigenvalue weighted by molar-refractivity contribution is 0.155. The summed E-state index contributed by atoms with van der Waals surface area (Å²) in [6.45, 7) is 2.04. The van der Waals surface area contributed by atoms with E-state index in [0.717, 1.165) is 0 Å². The molecule has 0 saturated heterocycles. The molecule has 0 N–H and O–H groups in total. The fourth-order valence-corrected chi connectivity index (χ4v) is 1.56. The molecule has 1 heterocycles. The molecule has 0 radical (unpaired) electrons. The van der Waals surface area contributed by atoms with Crippen molar-refractivity contribution in [2.45, 2.75) is 6.92 Å². The fraction of sp³-hybridized carbons (Fsp3) is 0.167. The maximum atomic E-state index is 11.6. The average molecular weight is 217 g/mol. The Labute approximate surface area is 92.1 Å². The van der Waals surface area contributed by atoms with Crippen molar-refractivity contribution in [2.75, 3.05) is 6.61 Å². The number of hydrogen-bond acceptors (Lipinski definition) is 3. The van der Waals surface area contributed by atoms with Crippen molar-refractivity contribution in [1.29, 1.82) is 0 Å². The first-order chi connectivity index (χ1) is 7.74. The second-order valence-corrected chi connectivity index (χ2v) is 3.27. The zero-order valence-electron chi connectivity index (χ0n) is 8.84. The summed E-state index contributed by atoms with van der Waals surface area (Å²) in [7, 11) is 0. The number of para-hydroxylation sites is 1. The summed E-state index contributed by atoms with van der Waals surface area (Å²) in [5.41, 5.74) is 0.463. The number of benzene rings is 1. The predicted molar refractivity (Wildman–Crippen MR) is 60.6 cm³/mol. The number of ether oxygens (including phenoxy) is 1. The van der Waals surface area contributed by atoms with Crippen LogP contribution in [0.3, 0.4) is 0 Å². The van der Waals surface area contributed by atoms with Gasteiger partial charge in [0.2, 0.25) is 0 Å². The molecule has 1 aromatic carbocycles. The van der Waals surface area contributed by atoms with Gasteiger partial charge in [0, 0.05) is 17.6 Å². The third-order valence-corrected chi connectivity index (χ3v) is 2.27. The van der Waals surface area contributed by atoms with Gasteiger partial charge in [-0.05, 0) is 19.1 Å². The normalized spacial score (nSPS) is 10.3. The highest BCUT2D eigenvalue weighted by Gasteiger charge is 2.08. The highest BCUT2D eigenvalue weighted by molar-refractivity contribution is 5.87. The molecule has 0 aliphatic carbocycles. The largest absolute Gasteiger partial charge is 0.449 e. The van der Waals surface area contributed by atoms with Gasteiger partial charge in [-0.25, -0.2) is 4.79 Å². The first-order valence-corrected chi connectivity index (χ1v) is 5.01. The summed E-state index contributed by atoms with van der Waals surface area (Å²) in [6.07, 6.45) is 0.960. The number of aromatic nitrogens is 1. The number of carbonyl (C=O) groups excluding carboxylic acids is 1. The molecule has 0 atom stereocenters. The van der Waals surface area contributed by atoms with Gasteiger partial charge in [0.15, 0.2) is 5.43 Å². The first-order valence-electron chi connectivity index (χ1n) is 5.01. The number of pyridine rings is 1. The third-order valence-electron chi connectivity index (χ3n) is 2.27. The number of nitrogens with zero attached hydrogens (tertiary/aromatic N) is 1. The van der Waals surface area contributed by atoms with E-state index in [1.54, 1.807) is 31.2 Å². The smallest absolute Gasteiger partial charge is 0.418 e. The van der Waals surface area contributed by atoms with E-state index in [2.05, 4.69) is 0 Å². The Balaban J connectivity index is 2.68. The Kier molecular flexibility index (Phi) is 2.72. The van der Waals surface area contributed by atoms with E-state index in [4.69, 9.17) is 4.74 Å². The second-order valence-electron chi connectivity index (χ2n) is 3.27. The van der Waals surface area contributed by atoms with Crippen molar-refractivity contribution in [1.82, 2.24) is 4.57 Å². The first kappa shape index (κ1) is 10.4. The van der Waals surface area contributed by atoms with Crippen LogP contribution in [0.15, 0.2) is 41.3 Å². The number of carbonyl (C=O) groups is 1. The van der Waals surface area contributed by atoms with Crippen LogP contribution in [0.1, 0.15) is 6.92 Å². The molecule has 82 valence electrons. The van der Waals surface area contributed by atoms with E-state index in [9.17, 15) is 9.59 Å². The van der Waals surface area contributed by atoms with Crippen molar-refractivity contribution in [3.05, 3.63) is 46.8 Å². The highest BCUT2D eigenvalue weighted by atomic mass is 16.5. The number of rotatable bonds is 1. The molecule has 0 fully saturated rings. The van der Waals surface area contributed by atoms with Gasteiger partial charge in [0.05, 0.1) is 12.1 Å². The second kappa shape index (κ2) is 4.18. The van der Waals surface area contributed by atoms with Crippen LogP contribution in [0, 0.1) is 0 Å². The molecule has 0 bridgehead atoms. The van der Waals surface area contributed by atoms with Crippen LogP contribution in [0.4, 0.5) is 4.79 Å². The number of fused-ring (bicyclic) bond motifs is 1. The molecule has 2 aromatic rings. The Bertz CT molecular complexity index is 586. The Hall–Kier alpha value is -2.10. The van der Waals surface area contributed by atoms with Gasteiger partial charge in [-0.3, -0.25) is 9.36 Å². The summed E-state index contributed by atoms with van der Waals surface area (Å²) in [5.74, 6) is 0. The van der Waals surface area contributed by atoms with E-state index in [-0.39, 0.29) is 5.43 Å². The van der Waals surface area contributed by atoms with E-state index < -0.39 is 6.09 Å². The van der Waals surface area contributed by atoms with Crippen LogP contribution in [-0.4, -0.2) is 17.3 Å². The minimum Gasteiger partial charge on any atom is -0.449 e. The lowest BCUT2D eigenvalue weighted by Gasteiger charge is -2.08. The molecule has 4 heteroatoms. The quantitative estimate of drug-likeness (QED) is 0.734. The predicted octanol–water partition coefficient (Wildman–Crippen LogP) is 2.01. The van der Waals surface area contributed by atoms with Gasteiger partial charge in [-0.15, -0.1) is 0 Å². The monoisotopic (exact) mass is 217 g/mol. The summed E-state index contributed by atoms with van der Waals surface area (Å²) in [4.78, 5) is 23.2. The van der Waals surface area contributed by atoms with E-state index >= 15 is 0 Å². The standard InChI is InChI=1S/C12H11NO3/c1-2-16-12(15)13-8-7-11(14)9-5-3-4-6-10(9)13/h3-8H,2H2,1H3. The van der Waals surface area contributed by atoms with Gasteiger partial charge in [-0.2, -0.15) is 0 Å². The molecule has 2 rings (SSSR count). The Morgan fingerprint density at radius 3 is 2.81 bits per heavy atom. The maximum absolute atomic E-state index is 11.6. The lowest BCUT2D eigenvalue weighted by Crippen LogP contribution is -2.17. The average Bonchev–Trinajstić information content (AvgIpc) is 2.30. The van der Waals surface area contributed by atoms with Crippen molar-refractivity contribution < 1.29 is 9.53 Å². The molecule has 0 spiro atoms. The zero-order chi connectivity index (χ0) is 11.5. The molecule has 16 heavy (non-hydrogen) atoms. The highest BCUT2D eigenvalue weighted by Crippen LogP contribution is 2.09. The van der Waals surface area contributed by atoms with Gasteiger partial charge in [0.25, 0.3) is 0 Å². The number of hydrogen-bond donors (Lipinski definition) is 0. The maximum Gasteiger partial charge on any atom is 0.418 e. The minimum absolute atomic E-state index is 0.101. The van der Waals surface area contributed by atoms with E-state index in [1.165, 1.54) is 16.8 Å². The van der Waals surface area contributed by atoms with Crippen LogP contribution in [0.5, 0.6) is 0 Å². The summed E-state index contributed by atoms with van der Waals surface area (Å²) in [5, 5.41) is 0.512. The van der Waals surface area contributed by atoms with Gasteiger partial charge in [0.1, 0.15) is 0 Å². The molecule has 0 aliphatic heterocycles. The molecule has 0 amide bonds. The van der Waals surface area contributed by atoms with Crippen LogP contribution in [0.2, 0.25) is 0 Å². The third kappa shape index (κ3) is 1.69. The molecule has 0 saturated carbocycles. The summed E-state index contributed by atoms with van der Waals surface area (Å²) in [6, 6.07) is 8.30. The van der Waals surface area contributed by atoms with E-state index in [0.29, 0.717) is 17.5 Å². The Morgan fingerprint density at radius 2 is 2.06 bits per heavy atom.